The van der Waals surface area contributed by atoms with Crippen molar-refractivity contribution in [3.63, 3.8) is 0 Å². The first-order chi connectivity index (χ1) is 10.7. The second kappa shape index (κ2) is 4.58. The Labute approximate surface area is 138 Å². The molecule has 4 saturated carbocycles. The third-order valence-corrected chi connectivity index (χ3v) is 6.58. The third kappa shape index (κ3) is 2.15. The van der Waals surface area contributed by atoms with Crippen LogP contribution >= 0.6 is 0 Å². The minimum absolute atomic E-state index is 0.00731. The van der Waals surface area contributed by atoms with Crippen molar-refractivity contribution in [2.45, 2.75) is 70.1 Å². The molecule has 0 heterocycles. The van der Waals surface area contributed by atoms with Crippen LogP contribution in [0.3, 0.4) is 0 Å². The van der Waals surface area contributed by atoms with Crippen molar-refractivity contribution < 1.29 is 15.3 Å². The normalized spacial score (nSPS) is 35.7. The molecule has 0 aliphatic heterocycles. The van der Waals surface area contributed by atoms with Gasteiger partial charge in [0.25, 0.3) is 0 Å². The number of hydrogen-bond donors (Lipinski definition) is 3. The number of phenolic OH excluding ortho intramolecular Hbond substituents is 3. The van der Waals surface area contributed by atoms with Crippen molar-refractivity contribution in [2.24, 2.45) is 17.8 Å². The van der Waals surface area contributed by atoms with E-state index in [0.29, 0.717) is 0 Å². The Bertz CT molecular complexity index is 619. The summed E-state index contributed by atoms with van der Waals surface area (Å²) in [6, 6.07) is 1.35. The van der Waals surface area contributed by atoms with Gasteiger partial charge < -0.3 is 15.3 Å². The predicted molar refractivity (Wildman–Crippen MR) is 90.0 cm³/mol. The molecule has 126 valence electrons. The molecule has 1 aromatic rings. The first-order valence-electron chi connectivity index (χ1n) is 8.98. The molecular weight excluding hydrogens is 288 g/mol. The molecule has 3 N–H and O–H groups in total. The van der Waals surface area contributed by atoms with E-state index < -0.39 is 0 Å². The minimum Gasteiger partial charge on any atom is -0.507 e. The molecule has 1 aromatic carbocycles. The summed E-state index contributed by atoms with van der Waals surface area (Å²) in [5.74, 6) is 2.23. The first-order valence-corrected chi connectivity index (χ1v) is 8.98. The van der Waals surface area contributed by atoms with Crippen LogP contribution in [-0.4, -0.2) is 15.3 Å². The van der Waals surface area contributed by atoms with Crippen LogP contribution in [0.4, 0.5) is 0 Å². The molecule has 23 heavy (non-hydrogen) atoms. The van der Waals surface area contributed by atoms with Gasteiger partial charge >= 0.3 is 0 Å². The SMILES string of the molecule is CC(C)(C)c1c(O)c(O)cc(O)c1C12CC3CC(CC(C3)C1)C2. The van der Waals surface area contributed by atoms with Crippen molar-refractivity contribution in [1.82, 2.24) is 0 Å². The van der Waals surface area contributed by atoms with Crippen molar-refractivity contribution in [1.29, 1.82) is 0 Å². The van der Waals surface area contributed by atoms with Crippen molar-refractivity contribution in [3.05, 3.63) is 17.2 Å². The highest BCUT2D eigenvalue weighted by Gasteiger charge is 2.54. The van der Waals surface area contributed by atoms with Crippen LogP contribution in [0.1, 0.15) is 70.4 Å². The maximum absolute atomic E-state index is 10.7. The fraction of sp³-hybridized carbons (Fsp3) is 0.700. The van der Waals surface area contributed by atoms with Gasteiger partial charge in [0.1, 0.15) is 5.75 Å². The summed E-state index contributed by atoms with van der Waals surface area (Å²) >= 11 is 0. The lowest BCUT2D eigenvalue weighted by atomic mass is 9.47. The van der Waals surface area contributed by atoms with Crippen LogP contribution in [0.5, 0.6) is 17.2 Å². The number of aromatic hydroxyl groups is 3. The number of hydrogen-bond acceptors (Lipinski definition) is 3. The van der Waals surface area contributed by atoms with E-state index in [1.807, 2.05) is 20.8 Å². The van der Waals surface area contributed by atoms with Crippen molar-refractivity contribution >= 4 is 0 Å². The van der Waals surface area contributed by atoms with Gasteiger partial charge in [0.2, 0.25) is 0 Å². The Morgan fingerprint density at radius 2 is 1.35 bits per heavy atom. The Balaban J connectivity index is 1.94. The van der Waals surface area contributed by atoms with Crippen LogP contribution in [0.2, 0.25) is 0 Å². The maximum Gasteiger partial charge on any atom is 0.161 e. The van der Waals surface area contributed by atoms with Crippen LogP contribution in [-0.2, 0) is 10.8 Å². The molecule has 4 aliphatic rings. The molecule has 0 unspecified atom stereocenters. The average Bonchev–Trinajstić information content (AvgIpc) is 2.39. The molecule has 3 nitrogen and oxygen atoms in total. The summed E-state index contributed by atoms with van der Waals surface area (Å²) in [5, 5.41) is 31.4. The highest BCUT2D eigenvalue weighted by molar-refractivity contribution is 5.61. The fourth-order valence-corrected chi connectivity index (χ4v) is 6.33. The van der Waals surface area contributed by atoms with E-state index in [2.05, 4.69) is 0 Å². The molecule has 0 atom stereocenters. The molecular formula is C20H28O3. The number of phenols is 3. The van der Waals surface area contributed by atoms with Gasteiger partial charge in [-0.25, -0.2) is 0 Å². The Hall–Kier alpha value is -1.38. The Morgan fingerprint density at radius 3 is 1.78 bits per heavy atom. The quantitative estimate of drug-likeness (QED) is 0.525. The minimum atomic E-state index is -0.320. The topological polar surface area (TPSA) is 60.7 Å². The number of rotatable bonds is 1. The largest absolute Gasteiger partial charge is 0.507 e. The van der Waals surface area contributed by atoms with Gasteiger partial charge in [-0.1, -0.05) is 20.8 Å². The van der Waals surface area contributed by atoms with Crippen molar-refractivity contribution in [3.8, 4) is 17.2 Å². The monoisotopic (exact) mass is 316 g/mol. The fourth-order valence-electron chi connectivity index (χ4n) is 6.33. The van der Waals surface area contributed by atoms with Gasteiger partial charge in [-0.05, 0) is 61.7 Å². The van der Waals surface area contributed by atoms with Crippen molar-refractivity contribution in [2.75, 3.05) is 0 Å². The molecule has 0 radical (unpaired) electrons. The smallest absolute Gasteiger partial charge is 0.161 e. The van der Waals surface area contributed by atoms with Crippen LogP contribution in [0.15, 0.2) is 6.07 Å². The van der Waals surface area contributed by atoms with Crippen LogP contribution < -0.4 is 0 Å². The zero-order valence-electron chi connectivity index (χ0n) is 14.4. The molecule has 4 bridgehead atoms. The zero-order valence-corrected chi connectivity index (χ0v) is 14.4. The summed E-state index contributed by atoms with van der Waals surface area (Å²) in [6.45, 7) is 6.14. The van der Waals surface area contributed by atoms with Gasteiger partial charge in [-0.3, -0.25) is 0 Å². The second-order valence-electron chi connectivity index (χ2n) is 9.46. The average molecular weight is 316 g/mol. The van der Waals surface area contributed by atoms with E-state index in [0.717, 1.165) is 48.1 Å². The molecule has 5 rings (SSSR count). The highest BCUT2D eigenvalue weighted by atomic mass is 16.3. The highest BCUT2D eigenvalue weighted by Crippen LogP contribution is 2.64. The summed E-state index contributed by atoms with van der Waals surface area (Å²) in [7, 11) is 0. The molecule has 0 spiro atoms. The molecule has 0 saturated heterocycles. The van der Waals surface area contributed by atoms with Gasteiger partial charge in [-0.15, -0.1) is 0 Å². The Kier molecular flexibility index (Phi) is 3.02. The van der Waals surface area contributed by atoms with E-state index in [4.69, 9.17) is 0 Å². The summed E-state index contributed by atoms with van der Waals surface area (Å²) < 4.78 is 0. The van der Waals surface area contributed by atoms with Gasteiger partial charge in [-0.2, -0.15) is 0 Å². The van der Waals surface area contributed by atoms with Gasteiger partial charge in [0.05, 0.1) is 0 Å². The van der Waals surface area contributed by atoms with E-state index in [9.17, 15) is 15.3 Å². The summed E-state index contributed by atoms with van der Waals surface area (Å²) in [4.78, 5) is 0. The molecule has 0 amide bonds. The lowest BCUT2D eigenvalue weighted by Gasteiger charge is -2.58. The second-order valence-corrected chi connectivity index (χ2v) is 9.46. The van der Waals surface area contributed by atoms with Crippen LogP contribution in [0.25, 0.3) is 0 Å². The van der Waals surface area contributed by atoms with Crippen LogP contribution in [0, 0.1) is 17.8 Å². The van der Waals surface area contributed by atoms with E-state index in [1.165, 1.54) is 25.3 Å². The van der Waals surface area contributed by atoms with E-state index in [-0.39, 0.29) is 28.1 Å². The third-order valence-electron chi connectivity index (χ3n) is 6.58. The van der Waals surface area contributed by atoms with E-state index >= 15 is 0 Å². The summed E-state index contributed by atoms with van der Waals surface area (Å²) in [6.07, 6.45) is 7.40. The van der Waals surface area contributed by atoms with Gasteiger partial charge in [0, 0.05) is 22.6 Å². The Morgan fingerprint density at radius 1 is 0.870 bits per heavy atom. The lowest BCUT2D eigenvalue weighted by molar-refractivity contribution is -0.00707. The predicted octanol–water partition coefficient (Wildman–Crippen LogP) is 4.57. The molecule has 0 aromatic heterocycles. The molecule has 4 fully saturated rings. The molecule has 4 aliphatic carbocycles. The first kappa shape index (κ1) is 15.2. The number of benzene rings is 1. The van der Waals surface area contributed by atoms with E-state index in [1.54, 1.807) is 0 Å². The zero-order chi connectivity index (χ0) is 16.6. The maximum atomic E-state index is 10.7. The van der Waals surface area contributed by atoms with Gasteiger partial charge in [0.15, 0.2) is 11.5 Å². The standard InChI is InChI=1S/C20H28O3/c1-19(2,3)17-16(14(21)7-15(22)18(17)23)20-8-11-4-12(9-20)6-13(5-11)10-20/h7,11-13,21-23H,4-6,8-10H2,1-3H3. The summed E-state index contributed by atoms with van der Waals surface area (Å²) in [5.41, 5.74) is 1.35. The lowest BCUT2D eigenvalue weighted by Crippen LogP contribution is -2.49. The molecule has 3 heteroatoms.